The van der Waals surface area contributed by atoms with E-state index in [4.69, 9.17) is 0 Å². The molecule has 24 heavy (non-hydrogen) atoms. The summed E-state index contributed by atoms with van der Waals surface area (Å²) in [7, 11) is 1.81. The first-order valence-corrected chi connectivity index (χ1v) is 8.79. The van der Waals surface area contributed by atoms with Gasteiger partial charge in [0.25, 0.3) is 5.91 Å². The highest BCUT2D eigenvalue weighted by Crippen LogP contribution is 2.21. The molecule has 2 aromatic heterocycles. The summed E-state index contributed by atoms with van der Waals surface area (Å²) in [5.74, 6) is -0.00375. The molecule has 0 N–H and O–H groups in total. The van der Waals surface area contributed by atoms with Crippen molar-refractivity contribution in [2.45, 2.75) is 25.9 Å². The fraction of sp³-hybridized carbons (Fsp3) is 0.278. The summed E-state index contributed by atoms with van der Waals surface area (Å²) in [6.45, 7) is 2.58. The van der Waals surface area contributed by atoms with Gasteiger partial charge in [-0.2, -0.15) is 5.10 Å². The molecule has 5 nitrogen and oxygen atoms in total. The average molecular weight is 340 g/mol. The molecule has 124 valence electrons. The molecule has 0 aliphatic rings. The van der Waals surface area contributed by atoms with Crippen LogP contribution in [0.5, 0.6) is 0 Å². The molecule has 1 unspecified atom stereocenters. The quantitative estimate of drug-likeness (QED) is 0.693. The van der Waals surface area contributed by atoms with E-state index in [9.17, 15) is 4.79 Å². The van der Waals surface area contributed by atoms with E-state index >= 15 is 0 Å². The maximum absolute atomic E-state index is 13.1. The number of hydrogen-bond donors (Lipinski definition) is 0. The van der Waals surface area contributed by atoms with Gasteiger partial charge in [-0.3, -0.25) is 9.48 Å². The van der Waals surface area contributed by atoms with Crippen LogP contribution in [0, 0.1) is 0 Å². The van der Waals surface area contributed by atoms with Gasteiger partial charge >= 0.3 is 0 Å². The van der Waals surface area contributed by atoms with Gasteiger partial charge in [0.05, 0.1) is 17.2 Å². The van der Waals surface area contributed by atoms with Crippen LogP contribution in [-0.4, -0.2) is 32.6 Å². The molecule has 0 fully saturated rings. The molecular weight excluding hydrogens is 320 g/mol. The number of thiazole rings is 1. The lowest BCUT2D eigenvalue weighted by atomic mass is 10.1. The Morgan fingerprint density at radius 3 is 2.71 bits per heavy atom. The van der Waals surface area contributed by atoms with E-state index in [-0.39, 0.29) is 5.91 Å². The van der Waals surface area contributed by atoms with Crippen molar-refractivity contribution in [3.8, 4) is 0 Å². The summed E-state index contributed by atoms with van der Waals surface area (Å²) in [5, 5.41) is 7.39. The van der Waals surface area contributed by atoms with Crippen LogP contribution < -0.4 is 0 Å². The predicted octanol–water partition coefficient (Wildman–Crippen LogP) is 3.15. The van der Waals surface area contributed by atoms with Crippen molar-refractivity contribution in [3.05, 3.63) is 70.4 Å². The van der Waals surface area contributed by atoms with Gasteiger partial charge in [0, 0.05) is 24.8 Å². The maximum atomic E-state index is 13.1. The summed E-state index contributed by atoms with van der Waals surface area (Å²) in [6, 6.07) is 11.1. The van der Waals surface area contributed by atoms with Crippen molar-refractivity contribution < 1.29 is 4.79 Å². The van der Waals surface area contributed by atoms with Gasteiger partial charge < -0.3 is 4.90 Å². The van der Waals surface area contributed by atoms with Crippen LogP contribution >= 0.6 is 11.3 Å². The summed E-state index contributed by atoms with van der Waals surface area (Å²) in [6.07, 6.45) is 4.43. The summed E-state index contributed by atoms with van der Waals surface area (Å²) in [4.78, 5) is 19.3. The Kier molecular flexibility index (Phi) is 5.05. The van der Waals surface area contributed by atoms with Crippen molar-refractivity contribution in [2.75, 3.05) is 7.05 Å². The van der Waals surface area contributed by atoms with E-state index in [0.717, 1.165) is 22.7 Å². The van der Waals surface area contributed by atoms with Crippen molar-refractivity contribution in [1.29, 1.82) is 0 Å². The number of likely N-dealkylation sites (N-methyl/N-ethyl adjacent to an activating group) is 1. The predicted molar refractivity (Wildman–Crippen MR) is 94.8 cm³/mol. The Bertz CT molecular complexity index is 782. The van der Waals surface area contributed by atoms with Gasteiger partial charge in [0.1, 0.15) is 0 Å². The molecule has 0 spiro atoms. The lowest BCUT2D eigenvalue weighted by Crippen LogP contribution is -2.35. The minimum absolute atomic E-state index is 0.00375. The lowest BCUT2D eigenvalue weighted by Gasteiger charge is -2.24. The van der Waals surface area contributed by atoms with Crippen molar-refractivity contribution in [2.24, 2.45) is 0 Å². The van der Waals surface area contributed by atoms with E-state index in [2.05, 4.69) is 17.0 Å². The summed E-state index contributed by atoms with van der Waals surface area (Å²) in [5.41, 5.74) is 1.85. The molecule has 0 saturated heterocycles. The van der Waals surface area contributed by atoms with Crippen LogP contribution in [0.1, 0.15) is 29.2 Å². The lowest BCUT2D eigenvalue weighted by molar-refractivity contribution is -0.133. The fourth-order valence-electron chi connectivity index (χ4n) is 2.59. The van der Waals surface area contributed by atoms with Crippen LogP contribution in [0.4, 0.5) is 0 Å². The second-order valence-electron chi connectivity index (χ2n) is 5.58. The number of hydrogen-bond acceptors (Lipinski definition) is 4. The number of nitrogens with zero attached hydrogens (tertiary/aromatic N) is 4. The number of carbonyl (C=O) groups is 1. The molecular formula is C18H20N4OS. The number of carbonyl (C=O) groups excluding carboxylic acids is 1. The Balaban J connectivity index is 1.83. The monoisotopic (exact) mass is 340 g/mol. The van der Waals surface area contributed by atoms with Gasteiger partial charge in [-0.1, -0.05) is 37.3 Å². The highest BCUT2D eigenvalue weighted by molar-refractivity contribution is 7.09. The van der Waals surface area contributed by atoms with Gasteiger partial charge in [-0.25, -0.2) is 4.98 Å². The Morgan fingerprint density at radius 1 is 1.29 bits per heavy atom. The third-order valence-electron chi connectivity index (χ3n) is 3.82. The van der Waals surface area contributed by atoms with Crippen LogP contribution in [0.2, 0.25) is 0 Å². The second kappa shape index (κ2) is 7.40. The summed E-state index contributed by atoms with van der Waals surface area (Å²) >= 11 is 1.64. The topological polar surface area (TPSA) is 51.0 Å². The van der Waals surface area contributed by atoms with Crippen molar-refractivity contribution in [1.82, 2.24) is 19.7 Å². The Hall–Kier alpha value is -2.47. The van der Waals surface area contributed by atoms with Gasteiger partial charge in [-0.05, 0) is 18.1 Å². The molecule has 1 aromatic carbocycles. The minimum atomic E-state index is -0.463. The molecule has 0 saturated carbocycles. The molecule has 0 bridgehead atoms. The normalized spacial score (nSPS) is 12.1. The van der Waals surface area contributed by atoms with Gasteiger partial charge in [0.15, 0.2) is 6.04 Å². The maximum Gasteiger partial charge on any atom is 0.252 e. The van der Waals surface area contributed by atoms with Gasteiger partial charge in [0.2, 0.25) is 0 Å². The van der Waals surface area contributed by atoms with E-state index in [1.807, 2.05) is 55.0 Å². The number of aromatic nitrogens is 3. The standard InChI is InChI=1S/C18H20N4OS/c1-3-16-20-15(13-24-16)12-21(2)18(23)17(22-11-7-10-19-22)14-8-5-4-6-9-14/h4-11,13,17H,3,12H2,1-2H3. The first-order valence-electron chi connectivity index (χ1n) is 7.91. The minimum Gasteiger partial charge on any atom is -0.338 e. The molecule has 0 aliphatic heterocycles. The molecule has 6 heteroatoms. The number of rotatable bonds is 6. The zero-order valence-electron chi connectivity index (χ0n) is 13.8. The Morgan fingerprint density at radius 2 is 2.08 bits per heavy atom. The molecule has 0 aliphatic carbocycles. The van der Waals surface area contributed by atoms with Gasteiger partial charge in [-0.15, -0.1) is 11.3 Å². The SMILES string of the molecule is CCc1nc(CN(C)C(=O)C(c2ccccc2)n2cccn2)cs1. The van der Waals surface area contributed by atoms with E-state index in [0.29, 0.717) is 6.54 Å². The number of aryl methyl sites for hydroxylation is 1. The zero-order chi connectivity index (χ0) is 16.9. The number of amides is 1. The highest BCUT2D eigenvalue weighted by Gasteiger charge is 2.26. The smallest absolute Gasteiger partial charge is 0.252 e. The fourth-order valence-corrected chi connectivity index (χ4v) is 3.33. The van der Waals surface area contributed by atoms with Crippen molar-refractivity contribution >= 4 is 17.2 Å². The van der Waals surface area contributed by atoms with E-state index in [1.54, 1.807) is 27.1 Å². The van der Waals surface area contributed by atoms with Crippen LogP contribution in [-0.2, 0) is 17.8 Å². The average Bonchev–Trinajstić information content (AvgIpc) is 3.28. The molecule has 3 aromatic rings. The van der Waals surface area contributed by atoms with Crippen LogP contribution in [0.3, 0.4) is 0 Å². The first-order chi connectivity index (χ1) is 11.7. The third-order valence-corrected chi connectivity index (χ3v) is 4.86. The largest absolute Gasteiger partial charge is 0.338 e. The summed E-state index contributed by atoms with van der Waals surface area (Å²) < 4.78 is 1.70. The van der Waals surface area contributed by atoms with E-state index in [1.165, 1.54) is 0 Å². The molecule has 1 amide bonds. The molecule has 3 rings (SSSR count). The Labute approximate surface area is 145 Å². The molecule has 1 atom stereocenters. The van der Waals surface area contributed by atoms with Crippen LogP contribution in [0.15, 0.2) is 54.2 Å². The van der Waals surface area contributed by atoms with Crippen LogP contribution in [0.25, 0.3) is 0 Å². The second-order valence-corrected chi connectivity index (χ2v) is 6.52. The number of benzene rings is 1. The molecule has 0 radical (unpaired) electrons. The molecule has 2 heterocycles. The highest BCUT2D eigenvalue weighted by atomic mass is 32.1. The van der Waals surface area contributed by atoms with Crippen molar-refractivity contribution in [3.63, 3.8) is 0 Å². The first kappa shape index (κ1) is 16.4. The third kappa shape index (κ3) is 3.54. The zero-order valence-corrected chi connectivity index (χ0v) is 14.6. The van der Waals surface area contributed by atoms with E-state index < -0.39 is 6.04 Å².